The molecule has 1 N–H and O–H groups in total. The quantitative estimate of drug-likeness (QED) is 0.753. The highest BCUT2D eigenvalue weighted by atomic mass is 79.9. The van der Waals surface area contributed by atoms with Crippen molar-refractivity contribution in [1.29, 1.82) is 0 Å². The van der Waals surface area contributed by atoms with E-state index in [0.717, 1.165) is 6.54 Å². The first kappa shape index (κ1) is 7.32. The summed E-state index contributed by atoms with van der Waals surface area (Å²) in [5, 5.41) is 3.37. The Morgan fingerprint density at radius 1 is 1.36 bits per heavy atom. The minimum atomic E-state index is 0.588. The molecule has 0 bridgehead atoms. The van der Waals surface area contributed by atoms with Gasteiger partial charge in [0.2, 0.25) is 0 Å². The highest BCUT2D eigenvalue weighted by Crippen LogP contribution is 2.28. The lowest BCUT2D eigenvalue weighted by atomic mass is 9.98. The molecule has 1 fully saturated rings. The zero-order valence-electron chi connectivity index (χ0n) is 6.18. The summed E-state index contributed by atoms with van der Waals surface area (Å²) in [5.74, 6) is 0. The van der Waals surface area contributed by atoms with Crippen molar-refractivity contribution in [3.05, 3.63) is 34.3 Å². The van der Waals surface area contributed by atoms with E-state index in [9.17, 15) is 0 Å². The second-order valence-corrected chi connectivity index (χ2v) is 3.67. The van der Waals surface area contributed by atoms with Gasteiger partial charge >= 0.3 is 0 Å². The second kappa shape index (κ2) is 2.95. The van der Waals surface area contributed by atoms with Crippen molar-refractivity contribution in [2.24, 2.45) is 0 Å². The van der Waals surface area contributed by atoms with Gasteiger partial charge in [-0.1, -0.05) is 34.1 Å². The molecular weight excluding hydrogens is 202 g/mol. The molecular formula is C9H10BrN. The molecule has 58 valence electrons. The van der Waals surface area contributed by atoms with E-state index < -0.39 is 0 Å². The van der Waals surface area contributed by atoms with Gasteiger partial charge in [-0.15, -0.1) is 0 Å². The molecule has 11 heavy (non-hydrogen) atoms. The van der Waals surface area contributed by atoms with Crippen molar-refractivity contribution >= 4 is 15.9 Å². The lowest BCUT2D eigenvalue weighted by Crippen LogP contribution is -2.35. The van der Waals surface area contributed by atoms with Gasteiger partial charge in [-0.05, 0) is 24.6 Å². The van der Waals surface area contributed by atoms with Crippen LogP contribution in [0, 0.1) is 0 Å². The fourth-order valence-corrected chi connectivity index (χ4v) is 1.87. The predicted molar refractivity (Wildman–Crippen MR) is 49.5 cm³/mol. The highest BCUT2D eigenvalue weighted by molar-refractivity contribution is 9.10. The molecule has 0 amide bonds. The molecule has 2 rings (SSSR count). The fourth-order valence-electron chi connectivity index (χ4n) is 1.31. The van der Waals surface area contributed by atoms with Crippen molar-refractivity contribution in [2.75, 3.05) is 6.54 Å². The molecule has 1 unspecified atom stereocenters. The maximum absolute atomic E-state index is 3.53. The minimum Gasteiger partial charge on any atom is -0.310 e. The number of hydrogen-bond acceptors (Lipinski definition) is 1. The molecule has 1 atom stereocenters. The van der Waals surface area contributed by atoms with Gasteiger partial charge < -0.3 is 5.32 Å². The summed E-state index contributed by atoms with van der Waals surface area (Å²) in [7, 11) is 0. The summed E-state index contributed by atoms with van der Waals surface area (Å²) in [4.78, 5) is 0. The molecule has 0 aromatic heterocycles. The van der Waals surface area contributed by atoms with Crippen LogP contribution < -0.4 is 5.32 Å². The monoisotopic (exact) mass is 211 g/mol. The van der Waals surface area contributed by atoms with Crippen molar-refractivity contribution < 1.29 is 0 Å². The number of nitrogens with one attached hydrogen (secondary N) is 1. The predicted octanol–water partition coefficient (Wildman–Crippen LogP) is 2.48. The third kappa shape index (κ3) is 1.33. The van der Waals surface area contributed by atoms with Crippen molar-refractivity contribution in [2.45, 2.75) is 12.5 Å². The van der Waals surface area contributed by atoms with Crippen LogP contribution in [0.4, 0.5) is 0 Å². The highest BCUT2D eigenvalue weighted by Gasteiger charge is 2.19. The van der Waals surface area contributed by atoms with E-state index in [2.05, 4.69) is 39.4 Å². The van der Waals surface area contributed by atoms with Gasteiger partial charge in [0, 0.05) is 10.5 Å². The van der Waals surface area contributed by atoms with Gasteiger partial charge in [0.05, 0.1) is 0 Å². The average molecular weight is 212 g/mol. The molecule has 1 heterocycles. The summed E-state index contributed by atoms with van der Waals surface area (Å²) in [6, 6.07) is 8.98. The van der Waals surface area contributed by atoms with Crippen molar-refractivity contribution in [3.8, 4) is 0 Å². The van der Waals surface area contributed by atoms with Crippen LogP contribution in [0.25, 0.3) is 0 Å². The molecule has 1 nitrogen and oxygen atoms in total. The summed E-state index contributed by atoms with van der Waals surface area (Å²) >= 11 is 3.53. The Kier molecular flexibility index (Phi) is 1.96. The molecule has 0 saturated carbocycles. The first-order valence-electron chi connectivity index (χ1n) is 3.86. The Balaban J connectivity index is 2.28. The molecule has 1 aromatic carbocycles. The summed E-state index contributed by atoms with van der Waals surface area (Å²) < 4.78 is 1.22. The number of benzene rings is 1. The zero-order chi connectivity index (χ0) is 7.68. The van der Waals surface area contributed by atoms with Crippen LogP contribution in [-0.4, -0.2) is 6.54 Å². The smallest absolute Gasteiger partial charge is 0.0343 e. The molecule has 1 aromatic rings. The molecule has 0 aliphatic carbocycles. The van der Waals surface area contributed by atoms with Gasteiger partial charge in [-0.3, -0.25) is 0 Å². The van der Waals surface area contributed by atoms with E-state index in [-0.39, 0.29) is 0 Å². The van der Waals surface area contributed by atoms with E-state index >= 15 is 0 Å². The van der Waals surface area contributed by atoms with E-state index in [0.29, 0.717) is 6.04 Å². The Hall–Kier alpha value is -0.340. The number of rotatable bonds is 1. The molecule has 0 spiro atoms. The van der Waals surface area contributed by atoms with Crippen LogP contribution in [-0.2, 0) is 0 Å². The van der Waals surface area contributed by atoms with Gasteiger partial charge in [-0.25, -0.2) is 0 Å². The first-order valence-corrected chi connectivity index (χ1v) is 4.65. The topological polar surface area (TPSA) is 12.0 Å². The summed E-state index contributed by atoms with van der Waals surface area (Å²) in [5.41, 5.74) is 1.39. The lowest BCUT2D eigenvalue weighted by Gasteiger charge is -2.28. The van der Waals surface area contributed by atoms with Gasteiger partial charge in [0.15, 0.2) is 0 Å². The van der Waals surface area contributed by atoms with E-state index in [1.807, 2.05) is 6.07 Å². The van der Waals surface area contributed by atoms with Gasteiger partial charge in [0.1, 0.15) is 0 Å². The Bertz CT molecular complexity index is 255. The van der Waals surface area contributed by atoms with E-state index in [4.69, 9.17) is 0 Å². The van der Waals surface area contributed by atoms with Crippen LogP contribution in [0.2, 0.25) is 0 Å². The van der Waals surface area contributed by atoms with Crippen LogP contribution >= 0.6 is 15.9 Å². The minimum absolute atomic E-state index is 0.588. The third-order valence-electron chi connectivity index (χ3n) is 2.10. The largest absolute Gasteiger partial charge is 0.310 e. The van der Waals surface area contributed by atoms with Crippen LogP contribution in [0.3, 0.4) is 0 Å². The molecule has 0 radical (unpaired) electrons. The van der Waals surface area contributed by atoms with E-state index in [1.54, 1.807) is 0 Å². The van der Waals surface area contributed by atoms with Crippen molar-refractivity contribution in [3.63, 3.8) is 0 Å². The zero-order valence-corrected chi connectivity index (χ0v) is 7.76. The Labute approximate surface area is 74.9 Å². The molecule has 1 aliphatic heterocycles. The number of halogens is 1. The SMILES string of the molecule is Brc1ccccc1C1CCN1. The Morgan fingerprint density at radius 3 is 2.64 bits per heavy atom. The van der Waals surface area contributed by atoms with Gasteiger partial charge in [-0.2, -0.15) is 0 Å². The normalized spacial score (nSPS) is 22.8. The molecule has 1 aliphatic rings. The molecule has 2 heteroatoms. The van der Waals surface area contributed by atoms with Crippen LogP contribution in [0.1, 0.15) is 18.0 Å². The summed E-state index contributed by atoms with van der Waals surface area (Å²) in [6.07, 6.45) is 1.27. The maximum atomic E-state index is 3.53. The molecule has 1 saturated heterocycles. The average Bonchev–Trinajstić information content (AvgIpc) is 1.90. The van der Waals surface area contributed by atoms with Crippen molar-refractivity contribution in [1.82, 2.24) is 5.32 Å². The van der Waals surface area contributed by atoms with Crippen LogP contribution in [0.5, 0.6) is 0 Å². The first-order chi connectivity index (χ1) is 5.38. The summed E-state index contributed by atoms with van der Waals surface area (Å²) in [6.45, 7) is 1.16. The second-order valence-electron chi connectivity index (χ2n) is 2.82. The van der Waals surface area contributed by atoms with Crippen LogP contribution in [0.15, 0.2) is 28.7 Å². The number of hydrogen-bond donors (Lipinski definition) is 1. The lowest BCUT2D eigenvalue weighted by molar-refractivity contribution is 0.382. The maximum Gasteiger partial charge on any atom is 0.0343 e. The van der Waals surface area contributed by atoms with E-state index in [1.165, 1.54) is 16.5 Å². The van der Waals surface area contributed by atoms with Gasteiger partial charge in [0.25, 0.3) is 0 Å². The Morgan fingerprint density at radius 2 is 2.09 bits per heavy atom. The standard InChI is InChI=1S/C9H10BrN/c10-8-4-2-1-3-7(8)9-5-6-11-9/h1-4,9,11H,5-6H2. The third-order valence-corrected chi connectivity index (χ3v) is 2.83. The fraction of sp³-hybridized carbons (Fsp3) is 0.333.